The summed E-state index contributed by atoms with van der Waals surface area (Å²) in [7, 11) is 2.22. The molecule has 94 valence electrons. The van der Waals surface area contributed by atoms with Crippen LogP contribution in [0.4, 0.5) is 0 Å². The van der Waals surface area contributed by atoms with Crippen molar-refractivity contribution < 1.29 is 5.21 Å². The maximum atomic E-state index is 8.40. The number of nitrogens with zero attached hydrogens (tertiary/aromatic N) is 2. The summed E-state index contributed by atoms with van der Waals surface area (Å²) in [5.41, 5.74) is 5.42. The molecule has 0 atom stereocenters. The summed E-state index contributed by atoms with van der Waals surface area (Å²) in [5.74, 6) is 0.348. The molecular weight excluding hydrogens is 202 g/mol. The first-order valence-electron chi connectivity index (χ1n) is 6.40. The smallest absolute Gasteiger partial charge is 0.139 e. The van der Waals surface area contributed by atoms with Crippen LogP contribution in [-0.2, 0) is 0 Å². The largest absolute Gasteiger partial charge is 0.409 e. The molecule has 0 aromatic carbocycles. The van der Waals surface area contributed by atoms with Crippen LogP contribution in [0.2, 0.25) is 0 Å². The first-order chi connectivity index (χ1) is 7.74. The summed E-state index contributed by atoms with van der Waals surface area (Å²) >= 11 is 0. The summed E-state index contributed by atoms with van der Waals surface area (Å²) in [6, 6.07) is 0.789. The van der Waals surface area contributed by atoms with Crippen molar-refractivity contribution >= 4 is 5.84 Å². The van der Waals surface area contributed by atoms with E-state index in [0.29, 0.717) is 12.3 Å². The molecule has 0 aliphatic heterocycles. The van der Waals surface area contributed by atoms with E-state index in [4.69, 9.17) is 10.9 Å². The average molecular weight is 227 g/mol. The third-order valence-corrected chi connectivity index (χ3v) is 3.52. The van der Waals surface area contributed by atoms with E-state index in [2.05, 4.69) is 17.1 Å². The second-order valence-electron chi connectivity index (χ2n) is 4.82. The molecule has 0 heterocycles. The van der Waals surface area contributed by atoms with Crippen LogP contribution in [0, 0.1) is 0 Å². The molecule has 0 saturated heterocycles. The van der Waals surface area contributed by atoms with Crippen LogP contribution < -0.4 is 5.73 Å². The van der Waals surface area contributed by atoms with Crippen molar-refractivity contribution in [2.45, 2.75) is 57.4 Å². The number of nitrogens with two attached hydrogens (primary N) is 1. The van der Waals surface area contributed by atoms with Gasteiger partial charge in [0.25, 0.3) is 0 Å². The normalized spacial score (nSPS) is 19.2. The summed E-state index contributed by atoms with van der Waals surface area (Å²) in [6.45, 7) is 1.13. The van der Waals surface area contributed by atoms with Gasteiger partial charge in [-0.3, -0.25) is 0 Å². The molecular formula is C12H25N3O. The van der Waals surface area contributed by atoms with Crippen molar-refractivity contribution in [3.8, 4) is 0 Å². The Morgan fingerprint density at radius 2 is 2.00 bits per heavy atom. The van der Waals surface area contributed by atoms with E-state index in [1.807, 2.05) is 0 Å². The highest BCUT2D eigenvalue weighted by molar-refractivity contribution is 5.79. The SMILES string of the molecule is CN(CCCC/C(N)=N/O)C1CCCCC1. The van der Waals surface area contributed by atoms with E-state index in [0.717, 1.165) is 25.4 Å². The van der Waals surface area contributed by atoms with Crippen molar-refractivity contribution in [2.75, 3.05) is 13.6 Å². The lowest BCUT2D eigenvalue weighted by Crippen LogP contribution is -2.34. The molecule has 0 unspecified atom stereocenters. The number of hydrogen-bond acceptors (Lipinski definition) is 3. The van der Waals surface area contributed by atoms with Crippen LogP contribution in [0.15, 0.2) is 5.16 Å². The van der Waals surface area contributed by atoms with Crippen molar-refractivity contribution in [3.63, 3.8) is 0 Å². The second kappa shape index (κ2) is 7.49. The van der Waals surface area contributed by atoms with Gasteiger partial charge in [-0.25, -0.2) is 0 Å². The molecule has 1 saturated carbocycles. The van der Waals surface area contributed by atoms with E-state index in [-0.39, 0.29) is 0 Å². The standard InChI is InChI=1S/C12H25N3O/c1-15(11-7-3-2-4-8-11)10-6-5-9-12(13)14-16/h11,16H,2-10H2,1H3,(H2,13,14). The Hall–Kier alpha value is -0.770. The number of rotatable bonds is 6. The number of amidine groups is 1. The molecule has 1 fully saturated rings. The summed E-state index contributed by atoms with van der Waals surface area (Å²) in [6.07, 6.45) is 9.74. The zero-order chi connectivity index (χ0) is 11.8. The van der Waals surface area contributed by atoms with E-state index in [1.54, 1.807) is 0 Å². The number of oxime groups is 1. The van der Waals surface area contributed by atoms with Gasteiger partial charge in [0.15, 0.2) is 0 Å². The number of hydrogen-bond donors (Lipinski definition) is 2. The molecule has 1 aliphatic carbocycles. The van der Waals surface area contributed by atoms with Gasteiger partial charge < -0.3 is 15.8 Å². The van der Waals surface area contributed by atoms with Crippen LogP contribution in [0.5, 0.6) is 0 Å². The van der Waals surface area contributed by atoms with Crippen LogP contribution in [0.3, 0.4) is 0 Å². The van der Waals surface area contributed by atoms with Crippen molar-refractivity contribution in [1.82, 2.24) is 4.90 Å². The minimum atomic E-state index is 0.348. The highest BCUT2D eigenvalue weighted by Crippen LogP contribution is 2.21. The van der Waals surface area contributed by atoms with Gasteiger partial charge in [-0.05, 0) is 39.3 Å². The minimum absolute atomic E-state index is 0.348. The average Bonchev–Trinajstić information content (AvgIpc) is 2.35. The summed E-state index contributed by atoms with van der Waals surface area (Å²) in [5, 5.41) is 11.4. The molecule has 1 aliphatic rings. The van der Waals surface area contributed by atoms with Crippen LogP contribution in [0.1, 0.15) is 51.4 Å². The minimum Gasteiger partial charge on any atom is -0.409 e. The molecule has 0 spiro atoms. The fourth-order valence-electron chi connectivity index (χ4n) is 2.42. The maximum Gasteiger partial charge on any atom is 0.139 e. The molecule has 0 radical (unpaired) electrons. The van der Waals surface area contributed by atoms with E-state index >= 15 is 0 Å². The zero-order valence-electron chi connectivity index (χ0n) is 10.4. The molecule has 0 aromatic heterocycles. The molecule has 0 amide bonds. The second-order valence-corrected chi connectivity index (χ2v) is 4.82. The molecule has 3 N–H and O–H groups in total. The topological polar surface area (TPSA) is 61.8 Å². The Bertz CT molecular complexity index is 212. The quantitative estimate of drug-likeness (QED) is 0.240. The molecule has 16 heavy (non-hydrogen) atoms. The third kappa shape index (κ3) is 4.84. The molecule has 1 rings (SSSR count). The van der Waals surface area contributed by atoms with Crippen LogP contribution in [-0.4, -0.2) is 35.6 Å². The number of unbranched alkanes of at least 4 members (excludes halogenated alkanes) is 1. The first-order valence-corrected chi connectivity index (χ1v) is 6.40. The predicted molar refractivity (Wildman–Crippen MR) is 66.8 cm³/mol. The van der Waals surface area contributed by atoms with Gasteiger partial charge in [0, 0.05) is 12.5 Å². The zero-order valence-corrected chi connectivity index (χ0v) is 10.4. The Balaban J connectivity index is 2.07. The Kier molecular flexibility index (Phi) is 6.23. The van der Waals surface area contributed by atoms with Crippen molar-refractivity contribution in [1.29, 1.82) is 0 Å². The fraction of sp³-hybridized carbons (Fsp3) is 0.917. The lowest BCUT2D eigenvalue weighted by atomic mass is 9.94. The third-order valence-electron chi connectivity index (χ3n) is 3.52. The predicted octanol–water partition coefficient (Wildman–Crippen LogP) is 2.17. The highest BCUT2D eigenvalue weighted by atomic mass is 16.4. The molecule has 4 heteroatoms. The molecule has 0 aromatic rings. The molecule has 4 nitrogen and oxygen atoms in total. The van der Waals surface area contributed by atoms with Crippen LogP contribution >= 0.6 is 0 Å². The Morgan fingerprint density at radius 1 is 1.31 bits per heavy atom. The Morgan fingerprint density at radius 3 is 2.62 bits per heavy atom. The van der Waals surface area contributed by atoms with Gasteiger partial charge in [-0.1, -0.05) is 24.4 Å². The van der Waals surface area contributed by atoms with E-state index < -0.39 is 0 Å². The lowest BCUT2D eigenvalue weighted by molar-refractivity contribution is 0.189. The van der Waals surface area contributed by atoms with Gasteiger partial charge in [0.2, 0.25) is 0 Å². The summed E-state index contributed by atoms with van der Waals surface area (Å²) < 4.78 is 0. The van der Waals surface area contributed by atoms with Gasteiger partial charge >= 0.3 is 0 Å². The highest BCUT2D eigenvalue weighted by Gasteiger charge is 2.17. The van der Waals surface area contributed by atoms with Gasteiger partial charge in [0.05, 0.1) is 0 Å². The molecule has 0 bridgehead atoms. The lowest BCUT2D eigenvalue weighted by Gasteiger charge is -2.31. The van der Waals surface area contributed by atoms with Gasteiger partial charge in [-0.15, -0.1) is 0 Å². The first kappa shape index (κ1) is 13.3. The van der Waals surface area contributed by atoms with Crippen molar-refractivity contribution in [3.05, 3.63) is 0 Å². The van der Waals surface area contributed by atoms with Gasteiger partial charge in [0.1, 0.15) is 5.84 Å². The van der Waals surface area contributed by atoms with E-state index in [9.17, 15) is 0 Å². The van der Waals surface area contributed by atoms with E-state index in [1.165, 1.54) is 32.1 Å². The summed E-state index contributed by atoms with van der Waals surface area (Å²) in [4.78, 5) is 2.48. The van der Waals surface area contributed by atoms with Gasteiger partial charge in [-0.2, -0.15) is 0 Å². The Labute approximate surface area is 98.5 Å². The maximum absolute atomic E-state index is 8.40. The fourth-order valence-corrected chi connectivity index (χ4v) is 2.42. The monoisotopic (exact) mass is 227 g/mol. The van der Waals surface area contributed by atoms with Crippen LogP contribution in [0.25, 0.3) is 0 Å². The van der Waals surface area contributed by atoms with Crippen molar-refractivity contribution in [2.24, 2.45) is 10.9 Å².